The number of rotatable bonds is 0. The Bertz CT molecular complexity index is 378. The Morgan fingerprint density at radius 1 is 1.13 bits per heavy atom. The van der Waals surface area contributed by atoms with Crippen LogP contribution in [0, 0.1) is 5.92 Å². The molecule has 2 heteroatoms. The highest BCUT2D eigenvalue weighted by Gasteiger charge is 2.31. The van der Waals surface area contributed by atoms with Crippen molar-refractivity contribution in [3.63, 3.8) is 0 Å². The van der Waals surface area contributed by atoms with E-state index in [9.17, 15) is 0 Å². The molecule has 1 aliphatic carbocycles. The molecule has 15 heavy (non-hydrogen) atoms. The quantitative estimate of drug-likeness (QED) is 0.594. The van der Waals surface area contributed by atoms with Gasteiger partial charge in [-0.3, -0.25) is 0 Å². The van der Waals surface area contributed by atoms with Crippen LogP contribution in [0.5, 0.6) is 0 Å². The zero-order chi connectivity index (χ0) is 10.4. The standard InChI is InChI=1S/C13H20N2/c1-9-8-15-12-7-5-3-4-6-11(12)14-13(15)10(9)2/h9-10H,3-8H2,1-2H3. The number of hydrogen-bond acceptors (Lipinski definition) is 1. The minimum atomic E-state index is 0.664. The zero-order valence-electron chi connectivity index (χ0n) is 9.79. The summed E-state index contributed by atoms with van der Waals surface area (Å²) >= 11 is 0. The average Bonchev–Trinajstić information content (AvgIpc) is 2.58. The highest BCUT2D eigenvalue weighted by Crippen LogP contribution is 2.35. The predicted molar refractivity (Wildman–Crippen MR) is 61.1 cm³/mol. The molecule has 1 aromatic rings. The van der Waals surface area contributed by atoms with E-state index in [0.29, 0.717) is 5.92 Å². The largest absolute Gasteiger partial charge is 0.331 e. The van der Waals surface area contributed by atoms with E-state index in [4.69, 9.17) is 4.98 Å². The van der Waals surface area contributed by atoms with Crippen LogP contribution in [0.25, 0.3) is 0 Å². The number of aryl methyl sites for hydroxylation is 1. The molecular weight excluding hydrogens is 184 g/mol. The van der Waals surface area contributed by atoms with E-state index in [1.807, 2.05) is 0 Å². The number of aromatic nitrogens is 2. The molecule has 1 aromatic heterocycles. The van der Waals surface area contributed by atoms with E-state index >= 15 is 0 Å². The van der Waals surface area contributed by atoms with Crippen molar-refractivity contribution in [2.24, 2.45) is 5.92 Å². The normalized spacial score (nSPS) is 29.7. The van der Waals surface area contributed by atoms with Gasteiger partial charge < -0.3 is 4.57 Å². The number of hydrogen-bond donors (Lipinski definition) is 0. The second-order valence-electron chi connectivity index (χ2n) is 5.30. The van der Waals surface area contributed by atoms with Gasteiger partial charge in [-0.15, -0.1) is 0 Å². The van der Waals surface area contributed by atoms with Gasteiger partial charge in [-0.25, -0.2) is 4.98 Å². The van der Waals surface area contributed by atoms with Gasteiger partial charge in [-0.1, -0.05) is 20.3 Å². The molecule has 2 heterocycles. The minimum absolute atomic E-state index is 0.664. The molecule has 0 spiro atoms. The van der Waals surface area contributed by atoms with Gasteiger partial charge in [0.05, 0.1) is 5.69 Å². The van der Waals surface area contributed by atoms with Crippen LogP contribution in [-0.2, 0) is 19.4 Å². The SMILES string of the molecule is CC1Cn2c(nc3c2CCCCC3)C1C. The maximum Gasteiger partial charge on any atom is 0.112 e. The van der Waals surface area contributed by atoms with E-state index < -0.39 is 0 Å². The molecule has 2 unspecified atom stereocenters. The molecule has 3 rings (SSSR count). The first-order chi connectivity index (χ1) is 7.27. The molecule has 2 atom stereocenters. The Morgan fingerprint density at radius 2 is 1.93 bits per heavy atom. The van der Waals surface area contributed by atoms with E-state index in [1.54, 1.807) is 5.69 Å². The second-order valence-corrected chi connectivity index (χ2v) is 5.30. The molecule has 1 aliphatic heterocycles. The zero-order valence-corrected chi connectivity index (χ0v) is 9.79. The molecule has 0 aromatic carbocycles. The smallest absolute Gasteiger partial charge is 0.112 e. The first kappa shape index (κ1) is 9.44. The lowest BCUT2D eigenvalue weighted by Gasteiger charge is -2.07. The summed E-state index contributed by atoms with van der Waals surface area (Å²) in [6, 6.07) is 0. The number of imidazole rings is 1. The summed E-state index contributed by atoms with van der Waals surface area (Å²) in [4.78, 5) is 4.89. The van der Waals surface area contributed by atoms with E-state index in [1.165, 1.54) is 50.2 Å². The Kier molecular flexibility index (Phi) is 2.11. The second kappa shape index (κ2) is 3.36. The van der Waals surface area contributed by atoms with Crippen molar-refractivity contribution >= 4 is 0 Å². The number of nitrogens with zero attached hydrogens (tertiary/aromatic N) is 2. The van der Waals surface area contributed by atoms with Crippen molar-refractivity contribution < 1.29 is 0 Å². The highest BCUT2D eigenvalue weighted by atomic mass is 15.1. The van der Waals surface area contributed by atoms with Crippen LogP contribution in [-0.4, -0.2) is 9.55 Å². The van der Waals surface area contributed by atoms with E-state index in [-0.39, 0.29) is 0 Å². The third-order valence-electron chi connectivity index (χ3n) is 4.24. The molecule has 82 valence electrons. The minimum Gasteiger partial charge on any atom is -0.331 e. The third-order valence-corrected chi connectivity index (χ3v) is 4.24. The molecular formula is C13H20N2. The van der Waals surface area contributed by atoms with Gasteiger partial charge in [0, 0.05) is 18.2 Å². The van der Waals surface area contributed by atoms with Crippen molar-refractivity contribution in [3.05, 3.63) is 17.2 Å². The summed E-state index contributed by atoms with van der Waals surface area (Å²) in [5.41, 5.74) is 2.99. The van der Waals surface area contributed by atoms with Gasteiger partial charge in [0.25, 0.3) is 0 Å². The fraction of sp³-hybridized carbons (Fsp3) is 0.769. The van der Waals surface area contributed by atoms with Crippen LogP contribution >= 0.6 is 0 Å². The molecule has 0 bridgehead atoms. The third kappa shape index (κ3) is 1.34. The molecule has 2 nitrogen and oxygen atoms in total. The first-order valence-corrected chi connectivity index (χ1v) is 6.35. The lowest BCUT2D eigenvalue weighted by atomic mass is 9.99. The highest BCUT2D eigenvalue weighted by molar-refractivity contribution is 5.23. The predicted octanol–water partition coefficient (Wildman–Crippen LogP) is 2.91. The van der Waals surface area contributed by atoms with Crippen molar-refractivity contribution in [2.45, 2.75) is 58.4 Å². The maximum atomic E-state index is 4.89. The Morgan fingerprint density at radius 3 is 2.80 bits per heavy atom. The Balaban J connectivity index is 2.05. The Hall–Kier alpha value is -0.790. The summed E-state index contributed by atoms with van der Waals surface area (Å²) < 4.78 is 2.52. The molecule has 0 radical (unpaired) electrons. The van der Waals surface area contributed by atoms with Crippen LogP contribution in [0.3, 0.4) is 0 Å². The topological polar surface area (TPSA) is 17.8 Å². The van der Waals surface area contributed by atoms with Crippen molar-refractivity contribution in [3.8, 4) is 0 Å². The van der Waals surface area contributed by atoms with Crippen molar-refractivity contribution in [2.75, 3.05) is 0 Å². The molecule has 2 aliphatic rings. The van der Waals surface area contributed by atoms with Gasteiger partial charge in [-0.05, 0) is 31.6 Å². The average molecular weight is 204 g/mol. The molecule has 0 amide bonds. The van der Waals surface area contributed by atoms with E-state index in [0.717, 1.165) is 5.92 Å². The fourth-order valence-corrected chi connectivity index (χ4v) is 3.05. The van der Waals surface area contributed by atoms with Crippen molar-refractivity contribution in [1.82, 2.24) is 9.55 Å². The van der Waals surface area contributed by atoms with Gasteiger partial charge in [-0.2, -0.15) is 0 Å². The van der Waals surface area contributed by atoms with Gasteiger partial charge in [0.1, 0.15) is 5.82 Å². The fourth-order valence-electron chi connectivity index (χ4n) is 3.05. The van der Waals surface area contributed by atoms with E-state index in [2.05, 4.69) is 18.4 Å². The van der Waals surface area contributed by atoms with Crippen LogP contribution in [0.4, 0.5) is 0 Å². The summed E-state index contributed by atoms with van der Waals surface area (Å²) in [6.45, 7) is 5.89. The van der Waals surface area contributed by atoms with Crippen molar-refractivity contribution in [1.29, 1.82) is 0 Å². The maximum absolute atomic E-state index is 4.89. The Labute approximate surface area is 91.7 Å². The van der Waals surface area contributed by atoms with Gasteiger partial charge in [0.15, 0.2) is 0 Å². The summed E-state index contributed by atoms with van der Waals surface area (Å²) in [6.07, 6.45) is 6.57. The summed E-state index contributed by atoms with van der Waals surface area (Å²) in [5.74, 6) is 2.81. The van der Waals surface area contributed by atoms with Crippen LogP contribution < -0.4 is 0 Å². The first-order valence-electron chi connectivity index (χ1n) is 6.35. The molecule has 0 saturated carbocycles. The van der Waals surface area contributed by atoms with Crippen LogP contribution in [0.2, 0.25) is 0 Å². The summed E-state index contributed by atoms with van der Waals surface area (Å²) in [5, 5.41) is 0. The monoisotopic (exact) mass is 204 g/mol. The van der Waals surface area contributed by atoms with Gasteiger partial charge in [0.2, 0.25) is 0 Å². The lowest BCUT2D eigenvalue weighted by Crippen LogP contribution is -2.04. The molecule has 0 N–H and O–H groups in total. The lowest BCUT2D eigenvalue weighted by molar-refractivity contribution is 0.492. The van der Waals surface area contributed by atoms with Crippen LogP contribution in [0.1, 0.15) is 56.2 Å². The molecule has 0 fully saturated rings. The summed E-state index contributed by atoms with van der Waals surface area (Å²) in [7, 11) is 0. The number of fused-ring (bicyclic) bond motifs is 3. The molecule has 0 saturated heterocycles. The van der Waals surface area contributed by atoms with Crippen LogP contribution in [0.15, 0.2) is 0 Å². The van der Waals surface area contributed by atoms with Gasteiger partial charge >= 0.3 is 0 Å².